The molecular weight excluding hydrogens is 224 g/mol. The second kappa shape index (κ2) is 5.74. The van der Waals surface area contributed by atoms with Crippen LogP contribution in [0.4, 0.5) is 5.69 Å². The summed E-state index contributed by atoms with van der Waals surface area (Å²) in [6, 6.07) is 8.57. The number of furan rings is 1. The second-order valence-corrected chi connectivity index (χ2v) is 4.65. The van der Waals surface area contributed by atoms with Crippen molar-refractivity contribution in [3.8, 4) is 0 Å². The Bertz CT molecular complexity index is 491. The molecule has 1 aromatic carbocycles. The van der Waals surface area contributed by atoms with Crippen molar-refractivity contribution < 1.29 is 4.42 Å². The SMILES string of the molecule is CNCc1cc(C)ccc1N(C)Cc1ccoc1. The molecule has 0 radical (unpaired) electrons. The lowest BCUT2D eigenvalue weighted by Gasteiger charge is -2.22. The maximum absolute atomic E-state index is 5.11. The maximum atomic E-state index is 5.11. The smallest absolute Gasteiger partial charge is 0.0952 e. The Balaban J connectivity index is 2.20. The van der Waals surface area contributed by atoms with Crippen LogP contribution in [0.25, 0.3) is 0 Å². The third kappa shape index (κ3) is 2.93. The summed E-state index contributed by atoms with van der Waals surface area (Å²) in [5.74, 6) is 0. The number of aryl methyl sites for hydroxylation is 1. The third-order valence-corrected chi connectivity index (χ3v) is 3.01. The quantitative estimate of drug-likeness (QED) is 0.876. The normalized spacial score (nSPS) is 10.6. The number of nitrogens with zero attached hydrogens (tertiary/aromatic N) is 1. The molecule has 1 N–H and O–H groups in total. The molecular formula is C15H20N2O. The molecule has 3 nitrogen and oxygen atoms in total. The van der Waals surface area contributed by atoms with Gasteiger partial charge in [0.05, 0.1) is 12.5 Å². The topological polar surface area (TPSA) is 28.4 Å². The zero-order chi connectivity index (χ0) is 13.0. The van der Waals surface area contributed by atoms with Crippen molar-refractivity contribution in [3.05, 3.63) is 53.5 Å². The van der Waals surface area contributed by atoms with Gasteiger partial charge < -0.3 is 14.6 Å². The Morgan fingerprint density at radius 3 is 2.78 bits per heavy atom. The van der Waals surface area contributed by atoms with Gasteiger partial charge in [0, 0.05) is 31.4 Å². The van der Waals surface area contributed by atoms with Crippen LogP contribution in [0, 0.1) is 6.92 Å². The first-order chi connectivity index (χ1) is 8.70. The van der Waals surface area contributed by atoms with Crippen LogP contribution in [-0.4, -0.2) is 14.1 Å². The van der Waals surface area contributed by atoms with E-state index in [0.717, 1.165) is 13.1 Å². The first kappa shape index (κ1) is 12.7. The molecule has 1 aromatic heterocycles. The average molecular weight is 244 g/mol. The molecule has 0 fully saturated rings. The maximum Gasteiger partial charge on any atom is 0.0952 e. The predicted octanol–water partition coefficient (Wildman–Crippen LogP) is 2.94. The molecule has 0 bridgehead atoms. The van der Waals surface area contributed by atoms with Crippen molar-refractivity contribution in [2.75, 3.05) is 19.0 Å². The zero-order valence-corrected chi connectivity index (χ0v) is 11.2. The molecule has 18 heavy (non-hydrogen) atoms. The summed E-state index contributed by atoms with van der Waals surface area (Å²) in [6.07, 6.45) is 3.51. The number of hydrogen-bond donors (Lipinski definition) is 1. The van der Waals surface area contributed by atoms with E-state index in [1.54, 1.807) is 12.5 Å². The summed E-state index contributed by atoms with van der Waals surface area (Å²) in [5, 5.41) is 3.22. The lowest BCUT2D eigenvalue weighted by atomic mass is 10.1. The summed E-state index contributed by atoms with van der Waals surface area (Å²) in [7, 11) is 4.08. The minimum absolute atomic E-state index is 0.857. The molecule has 0 aliphatic rings. The number of hydrogen-bond acceptors (Lipinski definition) is 3. The molecule has 0 atom stereocenters. The molecule has 2 aromatic rings. The van der Waals surface area contributed by atoms with Crippen LogP contribution in [-0.2, 0) is 13.1 Å². The summed E-state index contributed by atoms with van der Waals surface area (Å²) < 4.78 is 5.11. The Morgan fingerprint density at radius 2 is 2.11 bits per heavy atom. The lowest BCUT2D eigenvalue weighted by molar-refractivity contribution is 0.563. The monoisotopic (exact) mass is 244 g/mol. The predicted molar refractivity (Wildman–Crippen MR) is 74.8 cm³/mol. The number of nitrogens with one attached hydrogen (secondary N) is 1. The van der Waals surface area contributed by atoms with Crippen LogP contribution < -0.4 is 10.2 Å². The van der Waals surface area contributed by atoms with Crippen molar-refractivity contribution in [1.29, 1.82) is 0 Å². The van der Waals surface area contributed by atoms with Crippen LogP contribution in [0.1, 0.15) is 16.7 Å². The van der Waals surface area contributed by atoms with E-state index in [-0.39, 0.29) is 0 Å². The number of anilines is 1. The van der Waals surface area contributed by atoms with E-state index in [2.05, 4.69) is 42.4 Å². The first-order valence-corrected chi connectivity index (χ1v) is 6.17. The Morgan fingerprint density at radius 1 is 1.28 bits per heavy atom. The first-order valence-electron chi connectivity index (χ1n) is 6.17. The molecule has 0 aliphatic heterocycles. The van der Waals surface area contributed by atoms with Gasteiger partial charge in [0.1, 0.15) is 0 Å². The standard InChI is InChI=1S/C15H20N2O/c1-12-4-5-15(14(8-12)9-16-2)17(3)10-13-6-7-18-11-13/h4-8,11,16H,9-10H2,1-3H3. The van der Waals surface area contributed by atoms with Crippen molar-refractivity contribution in [1.82, 2.24) is 5.32 Å². The molecule has 0 saturated heterocycles. The van der Waals surface area contributed by atoms with Crippen molar-refractivity contribution in [2.24, 2.45) is 0 Å². The summed E-state index contributed by atoms with van der Waals surface area (Å²) >= 11 is 0. The fraction of sp³-hybridized carbons (Fsp3) is 0.333. The van der Waals surface area contributed by atoms with Crippen LogP contribution in [0.3, 0.4) is 0 Å². The molecule has 0 amide bonds. The molecule has 0 unspecified atom stereocenters. The second-order valence-electron chi connectivity index (χ2n) is 4.65. The van der Waals surface area contributed by atoms with E-state index in [1.165, 1.54) is 22.4 Å². The highest BCUT2D eigenvalue weighted by Gasteiger charge is 2.08. The summed E-state index contributed by atoms with van der Waals surface area (Å²) in [6.45, 7) is 3.86. The largest absolute Gasteiger partial charge is 0.472 e. The van der Waals surface area contributed by atoms with Crippen molar-refractivity contribution in [2.45, 2.75) is 20.0 Å². The minimum Gasteiger partial charge on any atom is -0.472 e. The van der Waals surface area contributed by atoms with Crippen LogP contribution >= 0.6 is 0 Å². The average Bonchev–Trinajstić information content (AvgIpc) is 2.82. The minimum atomic E-state index is 0.857. The molecule has 96 valence electrons. The van der Waals surface area contributed by atoms with Gasteiger partial charge in [-0.3, -0.25) is 0 Å². The van der Waals surface area contributed by atoms with Gasteiger partial charge in [-0.2, -0.15) is 0 Å². The van der Waals surface area contributed by atoms with Gasteiger partial charge >= 0.3 is 0 Å². The van der Waals surface area contributed by atoms with Gasteiger partial charge in [-0.15, -0.1) is 0 Å². The fourth-order valence-corrected chi connectivity index (χ4v) is 2.16. The van der Waals surface area contributed by atoms with Gasteiger partial charge in [-0.25, -0.2) is 0 Å². The highest BCUT2D eigenvalue weighted by Crippen LogP contribution is 2.22. The van der Waals surface area contributed by atoms with Gasteiger partial charge in [0.2, 0.25) is 0 Å². The van der Waals surface area contributed by atoms with Crippen LogP contribution in [0.2, 0.25) is 0 Å². The Kier molecular flexibility index (Phi) is 4.05. The van der Waals surface area contributed by atoms with E-state index in [4.69, 9.17) is 4.42 Å². The van der Waals surface area contributed by atoms with Crippen LogP contribution in [0.15, 0.2) is 41.2 Å². The Hall–Kier alpha value is -1.74. The highest BCUT2D eigenvalue weighted by molar-refractivity contribution is 5.54. The summed E-state index contributed by atoms with van der Waals surface area (Å²) in [5.41, 5.74) is 5.06. The molecule has 0 aliphatic carbocycles. The van der Waals surface area contributed by atoms with Crippen molar-refractivity contribution in [3.63, 3.8) is 0 Å². The molecule has 0 spiro atoms. The van der Waals surface area contributed by atoms with Gasteiger partial charge in [-0.1, -0.05) is 17.7 Å². The van der Waals surface area contributed by atoms with E-state index in [1.807, 2.05) is 13.1 Å². The molecule has 1 heterocycles. The van der Waals surface area contributed by atoms with Gasteiger partial charge in [0.15, 0.2) is 0 Å². The van der Waals surface area contributed by atoms with E-state index in [0.29, 0.717) is 0 Å². The highest BCUT2D eigenvalue weighted by atomic mass is 16.3. The molecule has 0 saturated carbocycles. The van der Waals surface area contributed by atoms with Crippen molar-refractivity contribution >= 4 is 5.69 Å². The van der Waals surface area contributed by atoms with Gasteiger partial charge in [0.25, 0.3) is 0 Å². The molecule has 3 heteroatoms. The van der Waals surface area contributed by atoms with E-state index < -0.39 is 0 Å². The Labute approximate surface area is 108 Å². The van der Waals surface area contributed by atoms with E-state index >= 15 is 0 Å². The van der Waals surface area contributed by atoms with Crippen LogP contribution in [0.5, 0.6) is 0 Å². The lowest BCUT2D eigenvalue weighted by Crippen LogP contribution is -2.19. The number of benzene rings is 1. The van der Waals surface area contributed by atoms with E-state index in [9.17, 15) is 0 Å². The molecule has 2 rings (SSSR count). The zero-order valence-electron chi connectivity index (χ0n) is 11.2. The third-order valence-electron chi connectivity index (χ3n) is 3.01. The summed E-state index contributed by atoms with van der Waals surface area (Å²) in [4.78, 5) is 2.25. The number of rotatable bonds is 5. The fourth-order valence-electron chi connectivity index (χ4n) is 2.16. The van der Waals surface area contributed by atoms with Gasteiger partial charge in [-0.05, 0) is 31.7 Å².